The van der Waals surface area contributed by atoms with Crippen LogP contribution in [0.25, 0.3) is 11.4 Å². The number of hydrogen-bond donors (Lipinski definition) is 0. The van der Waals surface area contributed by atoms with Gasteiger partial charge in [0.15, 0.2) is 0 Å². The summed E-state index contributed by atoms with van der Waals surface area (Å²) in [5.41, 5.74) is 4.67. The number of rotatable bonds is 7. The van der Waals surface area contributed by atoms with Crippen LogP contribution in [0.1, 0.15) is 11.3 Å². The normalized spacial score (nSPS) is 11.4. The Morgan fingerprint density at radius 2 is 1.18 bits per heavy atom. The molecule has 5 rings (SSSR count). The first-order valence-electron chi connectivity index (χ1n) is 11.5. The fraction of sp³-hybridized carbons (Fsp3) is 0.0690. The van der Waals surface area contributed by atoms with E-state index in [2.05, 4.69) is 125 Å². The molecule has 0 saturated carbocycles. The van der Waals surface area contributed by atoms with E-state index in [9.17, 15) is 0 Å². The van der Waals surface area contributed by atoms with Crippen molar-refractivity contribution in [3.8, 4) is 11.4 Å². The van der Waals surface area contributed by atoms with Gasteiger partial charge in [-0.2, -0.15) is 0 Å². The summed E-state index contributed by atoms with van der Waals surface area (Å²) in [6.07, 6.45) is 1.86. The number of pyridine rings is 1. The van der Waals surface area contributed by atoms with Gasteiger partial charge in [-0.3, -0.25) is 0 Å². The Labute approximate surface area is 210 Å². The van der Waals surface area contributed by atoms with Gasteiger partial charge < -0.3 is 0 Å². The zero-order chi connectivity index (χ0) is 23.4. The molecule has 2 heterocycles. The van der Waals surface area contributed by atoms with E-state index < -0.39 is 26.3 Å². The Kier molecular flexibility index (Phi) is 6.69. The van der Waals surface area contributed by atoms with Crippen LogP contribution < -0.4 is 15.6 Å². The molecule has 1 radical (unpaired) electrons. The van der Waals surface area contributed by atoms with Crippen molar-refractivity contribution in [2.75, 3.05) is 0 Å². The van der Waals surface area contributed by atoms with Gasteiger partial charge in [-0.05, 0) is 0 Å². The van der Waals surface area contributed by atoms with E-state index in [0.717, 1.165) is 11.4 Å². The summed E-state index contributed by atoms with van der Waals surface area (Å²) in [5, 5.41) is 3.81. The second-order valence-electron chi connectivity index (χ2n) is 8.39. The van der Waals surface area contributed by atoms with Crippen LogP contribution in [-0.2, 0) is 3.22 Å². The Hall–Kier alpha value is -3.10. The fourth-order valence-corrected chi connectivity index (χ4v) is 13.8. The molecule has 0 aliphatic carbocycles. The van der Waals surface area contributed by atoms with Crippen molar-refractivity contribution in [2.45, 2.75) is 13.8 Å². The Morgan fingerprint density at radius 3 is 1.65 bits per heavy atom. The minimum atomic E-state index is -2.72. The molecule has 0 aliphatic rings. The van der Waals surface area contributed by atoms with E-state index in [1.807, 2.05) is 18.3 Å². The standard InChI is InChI=1S/C18H15OSi.C11H11N2.Ga/c19-20(16-10-4-1-5-11-16,17-12-6-2-7-13-17)18-14-8-3-9-15-18;1-8-7-11(13-9(8)2)10-5-3-4-6-12-10;/h1-15H;3-7H,1-2H3;/q2*-1;+2. The molecular formula is C29H26GaN2OSi. The molecule has 2 aromatic heterocycles. The monoisotopic (exact) mass is 515 g/mol. The summed E-state index contributed by atoms with van der Waals surface area (Å²) in [7, 11) is -2.72. The van der Waals surface area contributed by atoms with Crippen LogP contribution in [0.2, 0.25) is 0 Å². The van der Waals surface area contributed by atoms with Gasteiger partial charge in [0.2, 0.25) is 0 Å². The molecule has 0 saturated heterocycles. The summed E-state index contributed by atoms with van der Waals surface area (Å²) in [6, 6.07) is 40.7. The van der Waals surface area contributed by atoms with Crippen molar-refractivity contribution in [2.24, 2.45) is 0 Å². The molecule has 0 aliphatic heterocycles. The maximum absolute atomic E-state index is 7.36. The molecule has 3 aromatic carbocycles. The van der Waals surface area contributed by atoms with E-state index in [-0.39, 0.29) is 0 Å². The molecular weight excluding hydrogens is 490 g/mol. The zero-order valence-corrected chi connectivity index (χ0v) is 22.8. The summed E-state index contributed by atoms with van der Waals surface area (Å²) < 4.78 is 9.78. The predicted octanol–water partition coefficient (Wildman–Crippen LogP) is 4.23. The molecule has 0 bridgehead atoms. The third-order valence-electron chi connectivity index (χ3n) is 6.35. The predicted molar refractivity (Wildman–Crippen MR) is 143 cm³/mol. The molecule has 34 heavy (non-hydrogen) atoms. The Morgan fingerprint density at radius 1 is 0.676 bits per heavy atom. The molecule has 0 fully saturated rings. The second-order valence-corrected chi connectivity index (χ2v) is 14.7. The molecule has 5 heteroatoms. The van der Waals surface area contributed by atoms with Crippen LogP contribution in [0.4, 0.5) is 0 Å². The van der Waals surface area contributed by atoms with Crippen LogP contribution in [0.15, 0.2) is 121 Å². The van der Waals surface area contributed by atoms with E-state index in [1.165, 1.54) is 26.8 Å². The fourth-order valence-electron chi connectivity index (χ4n) is 4.45. The third-order valence-corrected chi connectivity index (χ3v) is 15.0. The number of benzene rings is 3. The van der Waals surface area contributed by atoms with Crippen LogP contribution in [0.5, 0.6) is 0 Å². The van der Waals surface area contributed by atoms with E-state index in [4.69, 9.17) is 3.22 Å². The van der Waals surface area contributed by atoms with Gasteiger partial charge in [-0.15, -0.1) is 0 Å². The quantitative estimate of drug-likeness (QED) is 0.239. The van der Waals surface area contributed by atoms with Gasteiger partial charge in [0.1, 0.15) is 0 Å². The third kappa shape index (κ3) is 4.23. The molecule has 0 spiro atoms. The average molecular weight is 516 g/mol. The average Bonchev–Trinajstić information content (AvgIpc) is 3.20. The van der Waals surface area contributed by atoms with Crippen molar-refractivity contribution in [3.63, 3.8) is 0 Å². The first-order chi connectivity index (χ1) is 16.7. The van der Waals surface area contributed by atoms with Gasteiger partial charge in [0.05, 0.1) is 0 Å². The van der Waals surface area contributed by atoms with Crippen LogP contribution in [0, 0.1) is 13.8 Å². The Balaban J connectivity index is 1.67. The van der Waals surface area contributed by atoms with Crippen LogP contribution in [0.3, 0.4) is 0 Å². The number of aromatic nitrogens is 2. The number of hydrogen-bond acceptors (Lipinski definition) is 2. The molecule has 0 unspecified atom stereocenters. The molecule has 0 atom stereocenters. The van der Waals surface area contributed by atoms with Crippen molar-refractivity contribution in [1.82, 2.24) is 8.26 Å². The van der Waals surface area contributed by atoms with Gasteiger partial charge in [0.25, 0.3) is 0 Å². The second kappa shape index (κ2) is 10.0. The number of aryl methyl sites for hydroxylation is 1. The van der Waals surface area contributed by atoms with Gasteiger partial charge in [0, 0.05) is 0 Å². The molecule has 0 N–H and O–H groups in total. The first kappa shape index (κ1) is 22.7. The summed E-state index contributed by atoms with van der Waals surface area (Å²) in [5.74, 6) is 0. The van der Waals surface area contributed by atoms with E-state index in [1.54, 1.807) is 0 Å². The Bertz CT molecular complexity index is 1260. The number of nitrogens with zero attached hydrogens (tertiary/aromatic N) is 2. The summed E-state index contributed by atoms with van der Waals surface area (Å²) in [6.45, 7) is 4.37. The summed E-state index contributed by atoms with van der Waals surface area (Å²) >= 11 is -1.39. The van der Waals surface area contributed by atoms with Gasteiger partial charge in [-0.1, -0.05) is 0 Å². The van der Waals surface area contributed by atoms with Crippen molar-refractivity contribution in [1.29, 1.82) is 0 Å². The summed E-state index contributed by atoms with van der Waals surface area (Å²) in [4.78, 5) is 4.64. The van der Waals surface area contributed by atoms with Crippen LogP contribution in [-0.4, -0.2) is 34.6 Å². The first-order valence-corrected chi connectivity index (χ1v) is 15.5. The SMILES string of the molecule is Cc1cc(-c2ccccn2)[n]([Ga][O][Si](c2ccccc2)(c2ccccc2)c2ccccc2)c1C. The van der Waals surface area contributed by atoms with E-state index in [0.29, 0.717) is 0 Å². The molecule has 0 amide bonds. The van der Waals surface area contributed by atoms with Crippen molar-refractivity contribution >= 4 is 41.9 Å². The maximum atomic E-state index is 7.36. The molecule has 165 valence electrons. The minimum absolute atomic E-state index is 0.992. The van der Waals surface area contributed by atoms with Gasteiger partial charge >= 0.3 is 211 Å². The van der Waals surface area contributed by atoms with Gasteiger partial charge in [-0.25, -0.2) is 0 Å². The zero-order valence-electron chi connectivity index (χ0n) is 19.4. The van der Waals surface area contributed by atoms with E-state index >= 15 is 0 Å². The van der Waals surface area contributed by atoms with Crippen molar-refractivity contribution in [3.05, 3.63) is 133 Å². The topological polar surface area (TPSA) is 27.1 Å². The molecule has 5 aromatic rings. The van der Waals surface area contributed by atoms with Crippen LogP contribution >= 0.6 is 0 Å². The molecule has 3 nitrogen and oxygen atoms in total. The van der Waals surface area contributed by atoms with Crippen molar-refractivity contribution < 1.29 is 3.22 Å².